The van der Waals surface area contributed by atoms with E-state index in [0.717, 1.165) is 36.3 Å². The van der Waals surface area contributed by atoms with E-state index < -0.39 is 0 Å². The third-order valence-electron chi connectivity index (χ3n) is 5.53. The lowest BCUT2D eigenvalue weighted by molar-refractivity contribution is 0.645. The van der Waals surface area contributed by atoms with Crippen molar-refractivity contribution < 1.29 is 0 Å². The summed E-state index contributed by atoms with van der Waals surface area (Å²) in [5, 5.41) is 3.71. The molecule has 1 aliphatic rings. The van der Waals surface area contributed by atoms with E-state index in [1.54, 1.807) is 0 Å². The molecular formula is C25H28N4. The second kappa shape index (κ2) is 8.08. The van der Waals surface area contributed by atoms with Gasteiger partial charge in [-0.2, -0.15) is 0 Å². The molecule has 2 heterocycles. The molecule has 29 heavy (non-hydrogen) atoms. The minimum atomic E-state index is -0.0340. The Bertz CT molecular complexity index is 1070. The molecule has 0 saturated heterocycles. The van der Waals surface area contributed by atoms with Crippen molar-refractivity contribution in [3.05, 3.63) is 95.0 Å². The highest BCUT2D eigenvalue weighted by molar-refractivity contribution is 5.88. The number of hydrogen-bond acceptors (Lipinski definition) is 3. The summed E-state index contributed by atoms with van der Waals surface area (Å²) in [7, 11) is 2.05. The number of aromatic nitrogens is 3. The molecule has 4 heteroatoms. The van der Waals surface area contributed by atoms with Gasteiger partial charge in [0.05, 0.1) is 30.0 Å². The summed E-state index contributed by atoms with van der Waals surface area (Å²) in [5.41, 5.74) is 9.51. The van der Waals surface area contributed by atoms with Gasteiger partial charge in [-0.3, -0.25) is 4.98 Å². The first-order valence-corrected chi connectivity index (χ1v) is 10.2. The Morgan fingerprint density at radius 3 is 2.93 bits per heavy atom. The van der Waals surface area contributed by atoms with Gasteiger partial charge in [0.25, 0.3) is 0 Å². The molecule has 0 radical (unpaired) electrons. The van der Waals surface area contributed by atoms with Crippen molar-refractivity contribution in [1.82, 2.24) is 19.9 Å². The van der Waals surface area contributed by atoms with E-state index in [1.807, 2.05) is 31.8 Å². The zero-order chi connectivity index (χ0) is 20.4. The molecule has 1 N–H and O–H groups in total. The number of aryl methyl sites for hydroxylation is 2. The summed E-state index contributed by atoms with van der Waals surface area (Å²) in [5.74, 6) is 0. The highest BCUT2D eigenvalue weighted by Crippen LogP contribution is 2.38. The number of nitrogens with zero attached hydrogens (tertiary/aromatic N) is 3. The monoisotopic (exact) mass is 384 g/mol. The molecule has 0 amide bonds. The first-order valence-electron chi connectivity index (χ1n) is 10.2. The molecule has 4 rings (SSSR count). The number of hydrogen-bond donors (Lipinski definition) is 1. The van der Waals surface area contributed by atoms with Crippen LogP contribution in [0.2, 0.25) is 0 Å². The molecule has 0 bridgehead atoms. The molecule has 1 unspecified atom stereocenters. The third kappa shape index (κ3) is 3.88. The van der Waals surface area contributed by atoms with E-state index >= 15 is 0 Å². The van der Waals surface area contributed by atoms with Crippen molar-refractivity contribution in [2.75, 3.05) is 0 Å². The first-order chi connectivity index (χ1) is 14.1. The van der Waals surface area contributed by atoms with Gasteiger partial charge >= 0.3 is 0 Å². The van der Waals surface area contributed by atoms with E-state index in [-0.39, 0.29) is 6.04 Å². The van der Waals surface area contributed by atoms with Crippen LogP contribution in [0.5, 0.6) is 0 Å². The molecule has 148 valence electrons. The van der Waals surface area contributed by atoms with E-state index in [2.05, 4.69) is 70.6 Å². The molecule has 3 aromatic rings. The van der Waals surface area contributed by atoms with Crippen LogP contribution in [0.25, 0.3) is 11.6 Å². The summed E-state index contributed by atoms with van der Waals surface area (Å²) in [4.78, 5) is 9.05. The number of benzene rings is 1. The van der Waals surface area contributed by atoms with Crippen molar-refractivity contribution in [3.8, 4) is 0 Å². The molecule has 0 fully saturated rings. The average Bonchev–Trinajstić information content (AvgIpc) is 3.05. The Morgan fingerprint density at radius 2 is 2.17 bits per heavy atom. The van der Waals surface area contributed by atoms with E-state index in [1.165, 1.54) is 27.8 Å². The highest BCUT2D eigenvalue weighted by Gasteiger charge is 2.26. The number of imidazole rings is 1. The van der Waals surface area contributed by atoms with E-state index in [0.29, 0.717) is 0 Å². The fraction of sp³-hybridized carbons (Fsp3) is 0.280. The van der Waals surface area contributed by atoms with Crippen LogP contribution in [-0.4, -0.2) is 14.5 Å². The number of pyridine rings is 1. The normalized spacial score (nSPS) is 13.7. The lowest BCUT2D eigenvalue weighted by atomic mass is 9.90. The Labute approximate surface area is 173 Å². The van der Waals surface area contributed by atoms with Gasteiger partial charge in [0, 0.05) is 25.4 Å². The van der Waals surface area contributed by atoms with Gasteiger partial charge in [0.1, 0.15) is 0 Å². The second-order valence-corrected chi connectivity index (χ2v) is 7.84. The molecule has 1 atom stereocenters. The maximum Gasteiger partial charge on any atom is 0.0946 e. The molecule has 0 spiro atoms. The van der Waals surface area contributed by atoms with Gasteiger partial charge in [0.15, 0.2) is 0 Å². The number of fused-ring (bicyclic) bond motifs is 2. The minimum absolute atomic E-state index is 0.0340. The largest absolute Gasteiger partial charge is 0.377 e. The maximum atomic E-state index is 4.66. The fourth-order valence-corrected chi connectivity index (χ4v) is 4.04. The van der Waals surface area contributed by atoms with Crippen LogP contribution in [-0.2, 0) is 13.5 Å². The molecule has 0 saturated carbocycles. The summed E-state index contributed by atoms with van der Waals surface area (Å²) in [6.45, 7) is 8.61. The van der Waals surface area contributed by atoms with Gasteiger partial charge in [0.2, 0.25) is 0 Å². The number of rotatable bonds is 6. The molecule has 1 aromatic carbocycles. The number of allylic oxidation sites excluding steroid dienone is 1. The zero-order valence-electron chi connectivity index (χ0n) is 17.4. The predicted octanol–water partition coefficient (Wildman–Crippen LogP) is 5.21. The van der Waals surface area contributed by atoms with Gasteiger partial charge in [-0.1, -0.05) is 49.8 Å². The standard InChI is InChI=1S/C25H28N4/c1-5-7-18(3)28-25(24-15-26-16-29(24)4)22-13-20-8-6-11-27-23(20)14-19-10-9-17(2)12-21(19)22/h6,8-13,15-16,25,28H,3,5,7,14H2,1-2,4H3. The first kappa shape index (κ1) is 19.2. The van der Waals surface area contributed by atoms with Crippen molar-refractivity contribution in [1.29, 1.82) is 0 Å². The Balaban J connectivity index is 1.92. The van der Waals surface area contributed by atoms with Crippen LogP contribution in [0.4, 0.5) is 0 Å². The molecule has 4 nitrogen and oxygen atoms in total. The van der Waals surface area contributed by atoms with Crippen molar-refractivity contribution in [3.63, 3.8) is 0 Å². The molecular weight excluding hydrogens is 356 g/mol. The van der Waals surface area contributed by atoms with Gasteiger partial charge in [-0.15, -0.1) is 0 Å². The fourth-order valence-electron chi connectivity index (χ4n) is 4.04. The molecule has 0 aliphatic heterocycles. The quantitative estimate of drug-likeness (QED) is 0.634. The second-order valence-electron chi connectivity index (χ2n) is 7.84. The van der Waals surface area contributed by atoms with E-state index in [4.69, 9.17) is 0 Å². The zero-order valence-corrected chi connectivity index (χ0v) is 17.4. The summed E-state index contributed by atoms with van der Waals surface area (Å²) < 4.78 is 2.09. The van der Waals surface area contributed by atoms with Crippen LogP contribution < -0.4 is 5.32 Å². The summed E-state index contributed by atoms with van der Waals surface area (Å²) >= 11 is 0. The van der Waals surface area contributed by atoms with Gasteiger partial charge < -0.3 is 9.88 Å². The van der Waals surface area contributed by atoms with Crippen LogP contribution in [0, 0.1) is 6.92 Å². The van der Waals surface area contributed by atoms with Gasteiger partial charge in [-0.25, -0.2) is 4.98 Å². The highest BCUT2D eigenvalue weighted by atomic mass is 15.1. The van der Waals surface area contributed by atoms with Gasteiger partial charge in [-0.05, 0) is 47.8 Å². The Kier molecular flexibility index (Phi) is 5.34. The van der Waals surface area contributed by atoms with E-state index in [9.17, 15) is 0 Å². The smallest absolute Gasteiger partial charge is 0.0946 e. The van der Waals surface area contributed by atoms with Crippen molar-refractivity contribution >= 4 is 11.6 Å². The van der Waals surface area contributed by atoms with Crippen molar-refractivity contribution in [2.24, 2.45) is 7.05 Å². The van der Waals surface area contributed by atoms with Crippen molar-refractivity contribution in [2.45, 2.75) is 39.2 Å². The topological polar surface area (TPSA) is 42.7 Å². The van der Waals surface area contributed by atoms with Crippen LogP contribution in [0.15, 0.2) is 61.3 Å². The summed E-state index contributed by atoms with van der Waals surface area (Å²) in [6, 6.07) is 10.9. The minimum Gasteiger partial charge on any atom is -0.377 e. The molecule has 2 aromatic heterocycles. The molecule has 1 aliphatic carbocycles. The lowest BCUT2D eigenvalue weighted by Crippen LogP contribution is -2.24. The van der Waals surface area contributed by atoms with Crippen LogP contribution in [0.3, 0.4) is 0 Å². The third-order valence-corrected chi connectivity index (χ3v) is 5.53. The summed E-state index contributed by atoms with van der Waals surface area (Å²) in [6.07, 6.45) is 10.8. The lowest BCUT2D eigenvalue weighted by Gasteiger charge is -2.26. The average molecular weight is 385 g/mol. The Morgan fingerprint density at radius 1 is 1.31 bits per heavy atom. The SMILES string of the molecule is C=C(CCC)NC(C1=Cc2cccnc2Cc2ccc(C)cc21)c1cncn1C. The Hall–Kier alpha value is -3.14. The predicted molar refractivity (Wildman–Crippen MR) is 119 cm³/mol. The maximum absolute atomic E-state index is 4.66. The van der Waals surface area contributed by atoms with Crippen LogP contribution >= 0.6 is 0 Å². The number of nitrogens with one attached hydrogen (secondary N) is 1. The van der Waals surface area contributed by atoms with Crippen LogP contribution in [0.1, 0.15) is 59.4 Å².